The van der Waals surface area contributed by atoms with E-state index in [0.717, 1.165) is 0 Å². The van der Waals surface area contributed by atoms with Crippen molar-refractivity contribution in [2.75, 3.05) is 26.7 Å². The van der Waals surface area contributed by atoms with Crippen LogP contribution in [0.15, 0.2) is 106 Å². The number of rotatable bonds is 2. The number of halogens is 2. The molecule has 0 aliphatic heterocycles. The van der Waals surface area contributed by atoms with E-state index >= 15 is 0 Å². The molecule has 2 aliphatic rings. The van der Waals surface area contributed by atoms with Gasteiger partial charge >= 0.3 is 43.4 Å². The summed E-state index contributed by atoms with van der Waals surface area (Å²) < 4.78 is 0. The number of fused-ring (bicyclic) bond motifs is 2. The first-order chi connectivity index (χ1) is 20.4. The van der Waals surface area contributed by atoms with Crippen LogP contribution in [0.3, 0.4) is 0 Å². The van der Waals surface area contributed by atoms with Crippen molar-refractivity contribution in [2.24, 2.45) is 10.8 Å². The number of benzene rings is 2. The molecule has 0 amide bonds. The third-order valence-corrected chi connectivity index (χ3v) is 11.9. The molecule has 4 aromatic rings. The molecule has 0 atom stereocenters. The second-order valence-corrected chi connectivity index (χ2v) is 18.3. The molecule has 0 bridgehead atoms. The van der Waals surface area contributed by atoms with Crippen molar-refractivity contribution in [1.82, 2.24) is 0 Å². The van der Waals surface area contributed by atoms with Gasteiger partial charge in [-0.3, -0.25) is 12.2 Å². The van der Waals surface area contributed by atoms with E-state index in [0.29, 0.717) is 0 Å². The molecule has 48 heavy (non-hydrogen) atoms. The van der Waals surface area contributed by atoms with Gasteiger partial charge in [0.05, 0.1) is 0 Å². The predicted molar refractivity (Wildman–Crippen MR) is 205 cm³/mol. The van der Waals surface area contributed by atoms with Crippen molar-refractivity contribution in [3.05, 3.63) is 118 Å². The molecule has 256 valence electrons. The van der Waals surface area contributed by atoms with Crippen molar-refractivity contribution in [2.45, 2.75) is 69.2 Å². The van der Waals surface area contributed by atoms with Gasteiger partial charge < -0.3 is 9.41 Å². The van der Waals surface area contributed by atoms with Gasteiger partial charge in [0, 0.05) is 0 Å². The van der Waals surface area contributed by atoms with Crippen LogP contribution in [0.5, 0.6) is 0 Å². The molecule has 0 saturated carbocycles. The largest absolute Gasteiger partial charge is 2.00 e. The standard InChI is InChI=1S/2C11H12P.2C10H15.2FH.2Ti/c2*1-12(2)11-7-9-5-3-4-6-10(9)8-11;2*1-7-6-10(4,5)9(3)8(7)2;;;;/h2*3-8H,1-2H3;2*1-5H3;2*1H;;/q4*-1;;;2*+2/p-2. The van der Waals surface area contributed by atoms with Crippen molar-refractivity contribution in [3.63, 3.8) is 0 Å². The Morgan fingerprint density at radius 3 is 1.00 bits per heavy atom. The van der Waals surface area contributed by atoms with Gasteiger partial charge in [-0.2, -0.15) is 34.4 Å². The van der Waals surface area contributed by atoms with Crippen LogP contribution in [-0.2, 0) is 43.4 Å². The first-order valence-electron chi connectivity index (χ1n) is 15.7. The Bertz CT molecular complexity index is 1530. The second-order valence-electron chi connectivity index (χ2n) is 13.7. The van der Waals surface area contributed by atoms with E-state index in [2.05, 4.69) is 181 Å². The average Bonchev–Trinajstić information content (AvgIpc) is 3.68. The Morgan fingerprint density at radius 1 is 0.521 bits per heavy atom. The van der Waals surface area contributed by atoms with E-state index in [1.807, 2.05) is 0 Å². The van der Waals surface area contributed by atoms with Crippen LogP contribution in [0.25, 0.3) is 21.5 Å². The van der Waals surface area contributed by atoms with E-state index in [-0.39, 0.29) is 79.5 Å². The van der Waals surface area contributed by atoms with Crippen molar-refractivity contribution < 1.29 is 52.8 Å². The summed E-state index contributed by atoms with van der Waals surface area (Å²) in [6, 6.07) is 26.3. The van der Waals surface area contributed by atoms with Crippen molar-refractivity contribution >= 4 is 48.0 Å². The van der Waals surface area contributed by atoms with Gasteiger partial charge in [0.15, 0.2) is 0 Å². The molecule has 0 heterocycles. The minimum atomic E-state index is 0. The number of allylic oxidation sites excluding steroid dienone is 8. The summed E-state index contributed by atoms with van der Waals surface area (Å²) in [5, 5.41) is 8.53. The Labute approximate surface area is 323 Å². The number of hydrogen-bond acceptors (Lipinski definition) is 0. The van der Waals surface area contributed by atoms with Gasteiger partial charge in [-0.1, -0.05) is 78.4 Å². The summed E-state index contributed by atoms with van der Waals surface area (Å²) in [5.74, 6) is 0. The molecular formula is C42H54F2P2Ti2-2. The molecular weight excluding hydrogens is 700 g/mol. The van der Waals surface area contributed by atoms with Gasteiger partial charge in [0.2, 0.25) is 0 Å². The molecule has 0 radical (unpaired) electrons. The maximum Gasteiger partial charge on any atom is 2.00 e. The molecule has 0 aromatic heterocycles. The Balaban J connectivity index is 0. The zero-order valence-corrected chi connectivity index (χ0v) is 36.5. The molecule has 2 aliphatic carbocycles. The van der Waals surface area contributed by atoms with Crippen LogP contribution in [-0.4, -0.2) is 26.7 Å². The summed E-state index contributed by atoms with van der Waals surface area (Å²) in [6.07, 6.45) is 6.87. The monoisotopic (exact) mass is 754 g/mol. The molecule has 6 rings (SSSR count). The molecule has 6 heteroatoms. The third-order valence-electron chi connectivity index (χ3n) is 9.36. The van der Waals surface area contributed by atoms with Gasteiger partial charge in [-0.25, -0.2) is 11.1 Å². The molecule has 0 nitrogen and oxygen atoms in total. The Morgan fingerprint density at radius 2 is 0.812 bits per heavy atom. The van der Waals surface area contributed by atoms with Crippen molar-refractivity contribution in [1.29, 1.82) is 0 Å². The Kier molecular flexibility index (Phi) is 21.0. The maximum atomic E-state index is 3.44. The molecule has 0 unspecified atom stereocenters. The fourth-order valence-corrected chi connectivity index (χ4v) is 7.19. The van der Waals surface area contributed by atoms with Gasteiger partial charge in [0.25, 0.3) is 0 Å². The normalized spacial score (nSPS) is 15.4. The minimum absolute atomic E-state index is 0. The van der Waals surface area contributed by atoms with Gasteiger partial charge in [-0.15, -0.1) is 110 Å². The van der Waals surface area contributed by atoms with Gasteiger partial charge in [-0.05, 0) is 26.7 Å². The summed E-state index contributed by atoms with van der Waals surface area (Å²) >= 11 is 0. The molecule has 0 fully saturated rings. The zero-order chi connectivity index (χ0) is 33.0. The van der Waals surface area contributed by atoms with E-state index < -0.39 is 0 Å². The predicted octanol–water partition coefficient (Wildman–Crippen LogP) is 6.08. The summed E-state index contributed by atoms with van der Waals surface area (Å²) in [6.45, 7) is 31.0. The van der Waals surface area contributed by atoms with Crippen LogP contribution >= 0.6 is 15.8 Å². The first-order valence-corrected chi connectivity index (χ1v) is 20.2. The van der Waals surface area contributed by atoms with Crippen molar-refractivity contribution in [3.8, 4) is 0 Å². The van der Waals surface area contributed by atoms with E-state index in [1.165, 1.54) is 65.6 Å². The SMILES string of the molecule is CC1=[C-]C(C)(C)C(C)=C1C.CC1=[C-]C(C)(C)C(C)=C1C.CP(C)c1cc2ccccc2[cH-]1.CP(C)c1cc2ccccc2[cH-]1.[F-].[F-].[Ti+2].[Ti+2]. The van der Waals surface area contributed by atoms with Crippen LogP contribution in [0, 0.1) is 23.0 Å². The summed E-state index contributed by atoms with van der Waals surface area (Å²) in [4.78, 5) is 0. The summed E-state index contributed by atoms with van der Waals surface area (Å²) in [7, 11) is 0.115. The molecule has 0 N–H and O–H groups in total. The first kappa shape index (κ1) is 48.9. The average molecular weight is 755 g/mol. The van der Waals surface area contributed by atoms with Crippen LogP contribution in [0.2, 0.25) is 0 Å². The topological polar surface area (TPSA) is 0 Å². The summed E-state index contributed by atoms with van der Waals surface area (Å²) in [5.41, 5.74) is 8.79. The van der Waals surface area contributed by atoms with E-state index in [1.54, 1.807) is 0 Å². The van der Waals surface area contributed by atoms with Crippen LogP contribution in [0.1, 0.15) is 69.2 Å². The smallest absolute Gasteiger partial charge is 1.00 e. The zero-order valence-electron chi connectivity index (χ0n) is 31.6. The second kappa shape index (κ2) is 20.6. The fraction of sp³-hybridized carbons (Fsp3) is 0.381. The quantitative estimate of drug-likeness (QED) is 0.132. The van der Waals surface area contributed by atoms with Gasteiger partial charge in [0.1, 0.15) is 0 Å². The third kappa shape index (κ3) is 12.5. The molecule has 0 spiro atoms. The molecule has 0 saturated heterocycles. The van der Waals surface area contributed by atoms with E-state index in [4.69, 9.17) is 0 Å². The van der Waals surface area contributed by atoms with Crippen LogP contribution < -0.4 is 20.0 Å². The Hall–Kier alpha value is -1.23. The fourth-order valence-electron chi connectivity index (χ4n) is 5.60. The molecule has 4 aromatic carbocycles. The minimum Gasteiger partial charge on any atom is -1.00 e. The maximum absolute atomic E-state index is 3.44. The van der Waals surface area contributed by atoms with Crippen LogP contribution in [0.4, 0.5) is 0 Å². The van der Waals surface area contributed by atoms with E-state index in [9.17, 15) is 0 Å². The number of hydrogen-bond donors (Lipinski definition) is 0.